The minimum absolute atomic E-state index is 0.0673. The van der Waals surface area contributed by atoms with Crippen LogP contribution in [0.25, 0.3) is 10.9 Å². The van der Waals surface area contributed by atoms with Gasteiger partial charge in [-0.05, 0) is 30.3 Å². The zero-order valence-corrected chi connectivity index (χ0v) is 12.4. The Labute approximate surface area is 134 Å². The van der Waals surface area contributed by atoms with Gasteiger partial charge in [-0.2, -0.15) is 0 Å². The van der Waals surface area contributed by atoms with E-state index in [1.54, 1.807) is 0 Å². The second-order valence-electron chi connectivity index (χ2n) is 5.14. The van der Waals surface area contributed by atoms with Gasteiger partial charge in [0.2, 0.25) is 5.91 Å². The largest absolute Gasteiger partial charge is 0.317 e. The lowest BCUT2D eigenvalue weighted by molar-refractivity contribution is 0.0941. The van der Waals surface area contributed by atoms with E-state index in [1.807, 2.05) is 0 Å². The molecule has 0 atom stereocenters. The van der Waals surface area contributed by atoms with E-state index >= 15 is 0 Å². The molecule has 2 aromatic carbocycles. The summed E-state index contributed by atoms with van der Waals surface area (Å²) in [5.41, 5.74) is -0.354. The van der Waals surface area contributed by atoms with E-state index in [0.29, 0.717) is 5.52 Å². The van der Waals surface area contributed by atoms with Crippen molar-refractivity contribution in [3.8, 4) is 0 Å². The third-order valence-electron chi connectivity index (χ3n) is 3.55. The van der Waals surface area contributed by atoms with Gasteiger partial charge in [-0.1, -0.05) is 6.07 Å². The Bertz CT molecular complexity index is 959. The molecule has 1 amide bonds. The maximum Gasteiger partial charge on any atom is 0.258 e. The Morgan fingerprint density at radius 3 is 2.33 bits per heavy atom. The molecule has 0 aliphatic rings. The lowest BCUT2D eigenvalue weighted by Gasteiger charge is -2.06. The van der Waals surface area contributed by atoms with Gasteiger partial charge < -0.3 is 5.32 Å². The summed E-state index contributed by atoms with van der Waals surface area (Å²) in [7, 11) is 0. The maximum absolute atomic E-state index is 13.7. The number of hydrogen-bond donors (Lipinski definition) is 1. The lowest BCUT2D eigenvalue weighted by Crippen LogP contribution is -2.14. The first-order valence-electron chi connectivity index (χ1n) is 6.95. The quantitative estimate of drug-likeness (QED) is 0.772. The van der Waals surface area contributed by atoms with Crippen LogP contribution in [0.5, 0.6) is 0 Å². The van der Waals surface area contributed by atoms with Crippen LogP contribution in [0.15, 0.2) is 42.6 Å². The minimum Gasteiger partial charge on any atom is -0.317 e. The summed E-state index contributed by atoms with van der Waals surface area (Å²) in [6.45, 7) is 1.28. The third kappa shape index (κ3) is 2.64. The number of anilines is 1. The van der Waals surface area contributed by atoms with Crippen molar-refractivity contribution >= 4 is 28.4 Å². The summed E-state index contributed by atoms with van der Waals surface area (Å²) >= 11 is 0. The van der Waals surface area contributed by atoms with Crippen LogP contribution in [0.3, 0.4) is 0 Å². The Morgan fingerprint density at radius 1 is 1.04 bits per heavy atom. The van der Waals surface area contributed by atoms with Gasteiger partial charge >= 0.3 is 0 Å². The number of nitrogens with zero attached hydrogens (tertiary/aromatic N) is 1. The Balaban J connectivity index is 2.10. The average Bonchev–Trinajstić information content (AvgIpc) is 2.90. The van der Waals surface area contributed by atoms with Crippen LogP contribution in [0.1, 0.15) is 22.1 Å². The van der Waals surface area contributed by atoms with Crippen molar-refractivity contribution in [3.63, 3.8) is 0 Å². The number of fused-ring (bicyclic) bond motifs is 1. The van der Waals surface area contributed by atoms with E-state index in [2.05, 4.69) is 5.32 Å². The van der Waals surface area contributed by atoms with Crippen LogP contribution in [-0.4, -0.2) is 16.4 Å². The second kappa shape index (κ2) is 5.84. The monoisotopic (exact) mass is 332 g/mol. The van der Waals surface area contributed by atoms with Gasteiger partial charge in [0.15, 0.2) is 0 Å². The second-order valence-corrected chi connectivity index (χ2v) is 5.14. The third-order valence-corrected chi connectivity index (χ3v) is 3.55. The highest BCUT2D eigenvalue weighted by molar-refractivity contribution is 6.14. The summed E-state index contributed by atoms with van der Waals surface area (Å²) in [6.07, 6.45) is 1.21. The molecule has 122 valence electrons. The van der Waals surface area contributed by atoms with E-state index in [4.69, 9.17) is 0 Å². The number of para-hydroxylation sites is 1. The molecule has 3 aromatic rings. The number of amides is 1. The first kappa shape index (κ1) is 15.8. The van der Waals surface area contributed by atoms with E-state index in [1.165, 1.54) is 23.8 Å². The fourth-order valence-corrected chi connectivity index (χ4v) is 2.44. The molecule has 0 radical (unpaired) electrons. The highest BCUT2D eigenvalue weighted by atomic mass is 19.1. The van der Waals surface area contributed by atoms with Crippen molar-refractivity contribution in [2.45, 2.75) is 6.92 Å². The highest BCUT2D eigenvalue weighted by Gasteiger charge is 2.20. The fourth-order valence-electron chi connectivity index (χ4n) is 2.44. The van der Waals surface area contributed by atoms with E-state index < -0.39 is 29.0 Å². The summed E-state index contributed by atoms with van der Waals surface area (Å²) < 4.78 is 42.0. The number of benzene rings is 2. The molecular weight excluding hydrogens is 321 g/mol. The molecule has 1 aromatic heterocycles. The van der Waals surface area contributed by atoms with Gasteiger partial charge in [-0.15, -0.1) is 0 Å². The Morgan fingerprint density at radius 2 is 1.71 bits per heavy atom. The van der Waals surface area contributed by atoms with E-state index in [-0.39, 0.29) is 16.9 Å². The summed E-state index contributed by atoms with van der Waals surface area (Å²) in [4.78, 5) is 24.1. The number of carbonyl (C=O) groups excluding carboxylic acids is 2. The molecular formula is C17H11F3N2O2. The van der Waals surface area contributed by atoms with Gasteiger partial charge in [0, 0.05) is 18.5 Å². The topological polar surface area (TPSA) is 51.1 Å². The minimum atomic E-state index is -0.940. The van der Waals surface area contributed by atoms with Crippen molar-refractivity contribution in [1.82, 2.24) is 4.57 Å². The molecule has 24 heavy (non-hydrogen) atoms. The Hall–Kier alpha value is -3.09. The van der Waals surface area contributed by atoms with Crippen molar-refractivity contribution in [1.29, 1.82) is 0 Å². The predicted molar refractivity (Wildman–Crippen MR) is 82.5 cm³/mol. The average molecular weight is 332 g/mol. The Kier molecular flexibility index (Phi) is 3.84. The molecule has 0 unspecified atom stereocenters. The van der Waals surface area contributed by atoms with Crippen molar-refractivity contribution < 1.29 is 22.8 Å². The van der Waals surface area contributed by atoms with Crippen LogP contribution >= 0.6 is 0 Å². The number of rotatable bonds is 2. The van der Waals surface area contributed by atoms with Gasteiger partial charge in [-0.25, -0.2) is 13.2 Å². The molecule has 0 fully saturated rings. The van der Waals surface area contributed by atoms with Gasteiger partial charge in [0.1, 0.15) is 23.1 Å². The van der Waals surface area contributed by atoms with Gasteiger partial charge in [0.25, 0.3) is 5.91 Å². The molecule has 0 saturated heterocycles. The lowest BCUT2D eigenvalue weighted by atomic mass is 10.1. The number of halogens is 3. The van der Waals surface area contributed by atoms with Crippen molar-refractivity contribution in [3.05, 3.63) is 65.6 Å². The summed E-state index contributed by atoms with van der Waals surface area (Å²) in [5, 5.41) is 2.29. The first-order valence-corrected chi connectivity index (χ1v) is 6.95. The molecule has 0 aliphatic carbocycles. The standard InChI is InChI=1S/C17H11F3N2O2/c1-9(23)22-8-12(11-7-10(18)5-6-15(11)22)17(24)21-16-13(19)3-2-4-14(16)20/h2-8H,1H3,(H,21,24). The SMILES string of the molecule is CC(=O)n1cc(C(=O)Nc2c(F)cccc2F)c2cc(F)ccc21. The molecule has 4 nitrogen and oxygen atoms in total. The number of carbonyl (C=O) groups is 2. The zero-order chi connectivity index (χ0) is 17.4. The number of aromatic nitrogens is 1. The maximum atomic E-state index is 13.7. The molecule has 1 N–H and O–H groups in total. The van der Waals surface area contributed by atoms with Crippen LogP contribution in [-0.2, 0) is 0 Å². The molecule has 7 heteroatoms. The predicted octanol–water partition coefficient (Wildman–Crippen LogP) is 3.97. The van der Waals surface area contributed by atoms with Crippen LogP contribution in [0.4, 0.5) is 18.9 Å². The number of nitrogens with one attached hydrogen (secondary N) is 1. The zero-order valence-electron chi connectivity index (χ0n) is 12.4. The molecule has 0 bridgehead atoms. The van der Waals surface area contributed by atoms with Crippen molar-refractivity contribution in [2.75, 3.05) is 5.32 Å². The highest BCUT2D eigenvalue weighted by Crippen LogP contribution is 2.25. The normalized spacial score (nSPS) is 10.8. The summed E-state index contributed by atoms with van der Waals surface area (Å²) in [6, 6.07) is 6.75. The first-order chi connectivity index (χ1) is 11.4. The fraction of sp³-hybridized carbons (Fsp3) is 0.0588. The molecule has 0 aliphatic heterocycles. The number of hydrogen-bond acceptors (Lipinski definition) is 2. The van der Waals surface area contributed by atoms with Crippen LogP contribution in [0, 0.1) is 17.5 Å². The van der Waals surface area contributed by atoms with E-state index in [9.17, 15) is 22.8 Å². The van der Waals surface area contributed by atoms with Crippen LogP contribution < -0.4 is 5.32 Å². The van der Waals surface area contributed by atoms with Gasteiger partial charge in [0.05, 0.1) is 11.1 Å². The van der Waals surface area contributed by atoms with E-state index in [0.717, 1.165) is 30.3 Å². The molecule has 0 spiro atoms. The smallest absolute Gasteiger partial charge is 0.258 e. The van der Waals surface area contributed by atoms with Crippen molar-refractivity contribution in [2.24, 2.45) is 0 Å². The van der Waals surface area contributed by atoms with Crippen LogP contribution in [0.2, 0.25) is 0 Å². The molecule has 1 heterocycles. The molecule has 3 rings (SSSR count). The molecule has 0 saturated carbocycles. The van der Waals surface area contributed by atoms with Gasteiger partial charge in [-0.3, -0.25) is 14.2 Å². The summed E-state index contributed by atoms with van der Waals surface area (Å²) in [5.74, 6) is -3.72.